The molecule has 4 aliphatic rings. The Morgan fingerprint density at radius 1 is 0.571 bits per heavy atom. The van der Waals surface area contributed by atoms with Gasteiger partial charge in [0.05, 0.1) is 16.8 Å². The molecule has 2 heterocycles. The first-order valence-corrected chi connectivity index (χ1v) is 15.5. The molecule has 0 bridgehead atoms. The van der Waals surface area contributed by atoms with Gasteiger partial charge >= 0.3 is 0 Å². The smallest absolute Gasteiger partial charge is 0.151 e. The van der Waals surface area contributed by atoms with Crippen molar-refractivity contribution in [3.05, 3.63) is 0 Å². The zero-order valence-corrected chi connectivity index (χ0v) is 24.2. The zero-order chi connectivity index (χ0) is 25.4. The first kappa shape index (κ1) is 27.0. The zero-order valence-electron chi connectivity index (χ0n) is 24.2. The minimum absolute atomic E-state index is 0.0189. The summed E-state index contributed by atoms with van der Waals surface area (Å²) in [6.45, 7) is 18.8. The summed E-state index contributed by atoms with van der Waals surface area (Å²) in [7, 11) is 0. The fourth-order valence-electron chi connectivity index (χ4n) is 9.86. The summed E-state index contributed by atoms with van der Waals surface area (Å²) < 4.78 is 0. The lowest BCUT2D eigenvalue weighted by molar-refractivity contribution is -0.135. The van der Waals surface area contributed by atoms with E-state index in [2.05, 4.69) is 55.4 Å². The number of nitrogens with zero attached hydrogens (tertiary/aromatic N) is 2. The third-order valence-electron chi connectivity index (χ3n) is 11.5. The van der Waals surface area contributed by atoms with Crippen molar-refractivity contribution in [3.63, 3.8) is 0 Å². The lowest BCUT2D eigenvalue weighted by atomic mass is 9.62. The van der Waals surface area contributed by atoms with Gasteiger partial charge in [-0.1, -0.05) is 65.7 Å². The fourth-order valence-corrected chi connectivity index (χ4v) is 9.86. The highest BCUT2D eigenvalue weighted by atomic mass is 16.7. The summed E-state index contributed by atoms with van der Waals surface area (Å²) in [5.74, 6) is 3.11. The molecule has 0 radical (unpaired) electrons. The maximum Gasteiger partial charge on any atom is 0.151 e. The molecule has 0 saturated heterocycles. The minimum atomic E-state index is -0.133. The van der Waals surface area contributed by atoms with Gasteiger partial charge in [-0.15, -0.1) is 0 Å². The highest BCUT2D eigenvalue weighted by Gasteiger charge is 2.70. The van der Waals surface area contributed by atoms with E-state index < -0.39 is 0 Å². The molecule has 4 nitrogen and oxygen atoms in total. The van der Waals surface area contributed by atoms with Gasteiger partial charge in [-0.25, -0.2) is 0 Å². The Kier molecular flexibility index (Phi) is 7.99. The Labute approximate surface area is 216 Å². The molecule has 200 valence electrons. The molecule has 2 fully saturated rings. The summed E-state index contributed by atoms with van der Waals surface area (Å²) in [6.07, 6.45) is 14.1. The fraction of sp³-hybridized carbons (Fsp3) is 0.935. The minimum Gasteiger partial charge on any atom is -0.388 e. The van der Waals surface area contributed by atoms with Gasteiger partial charge in [-0.2, -0.15) is 0 Å². The molecular weight excluding hydrogens is 432 g/mol. The molecule has 2 aliphatic carbocycles. The third kappa shape index (κ3) is 3.50. The van der Waals surface area contributed by atoms with Crippen LogP contribution >= 0.6 is 0 Å². The van der Waals surface area contributed by atoms with Crippen molar-refractivity contribution in [1.82, 2.24) is 0 Å². The van der Waals surface area contributed by atoms with Crippen LogP contribution in [0.15, 0.2) is 10.3 Å². The maximum atomic E-state index is 6.75. The van der Waals surface area contributed by atoms with Crippen molar-refractivity contribution >= 4 is 11.4 Å². The molecular formula is C31H54N2O2. The van der Waals surface area contributed by atoms with E-state index in [9.17, 15) is 0 Å². The average Bonchev–Trinajstić information content (AvgIpc) is 3.62. The maximum absolute atomic E-state index is 6.75. The predicted molar refractivity (Wildman–Crippen MR) is 147 cm³/mol. The van der Waals surface area contributed by atoms with E-state index in [1.54, 1.807) is 0 Å². The lowest BCUT2D eigenvalue weighted by Gasteiger charge is -2.44. The van der Waals surface area contributed by atoms with Crippen molar-refractivity contribution in [2.45, 2.75) is 144 Å². The normalized spacial score (nSPS) is 27.5. The Morgan fingerprint density at radius 3 is 1.11 bits per heavy atom. The molecule has 4 heteroatoms. The number of oxime groups is 2. The quantitative estimate of drug-likeness (QED) is 0.276. The molecule has 2 aliphatic heterocycles. The molecule has 0 unspecified atom stereocenters. The Hall–Kier alpha value is -1.06. The second-order valence-electron chi connectivity index (χ2n) is 12.2. The van der Waals surface area contributed by atoms with Crippen molar-refractivity contribution in [2.75, 3.05) is 0 Å². The van der Waals surface area contributed by atoms with Crippen molar-refractivity contribution in [1.29, 1.82) is 0 Å². The molecule has 2 atom stereocenters. The van der Waals surface area contributed by atoms with Gasteiger partial charge in [-0.3, -0.25) is 0 Å². The Morgan fingerprint density at radius 2 is 0.857 bits per heavy atom. The molecule has 4 rings (SSSR count). The summed E-state index contributed by atoms with van der Waals surface area (Å²) in [6, 6.07) is 0. The lowest BCUT2D eigenvalue weighted by Crippen LogP contribution is -2.52. The highest BCUT2D eigenvalue weighted by molar-refractivity contribution is 6.17. The van der Waals surface area contributed by atoms with Crippen LogP contribution in [0.4, 0.5) is 0 Å². The van der Waals surface area contributed by atoms with Crippen LogP contribution < -0.4 is 0 Å². The van der Waals surface area contributed by atoms with Crippen LogP contribution in [-0.4, -0.2) is 22.6 Å². The highest BCUT2D eigenvalue weighted by Crippen LogP contribution is 2.64. The van der Waals surface area contributed by atoms with E-state index in [4.69, 9.17) is 20.0 Å². The molecule has 0 N–H and O–H groups in total. The van der Waals surface area contributed by atoms with E-state index >= 15 is 0 Å². The van der Waals surface area contributed by atoms with Crippen LogP contribution in [0.3, 0.4) is 0 Å². The van der Waals surface area contributed by atoms with Gasteiger partial charge in [0.2, 0.25) is 0 Å². The van der Waals surface area contributed by atoms with E-state index in [1.165, 1.54) is 88.5 Å². The van der Waals surface area contributed by atoms with E-state index in [0.717, 1.165) is 0 Å². The summed E-state index contributed by atoms with van der Waals surface area (Å²) >= 11 is 0. The van der Waals surface area contributed by atoms with Crippen molar-refractivity contribution in [2.24, 2.45) is 51.2 Å². The van der Waals surface area contributed by atoms with Gasteiger partial charge in [0.15, 0.2) is 11.2 Å². The molecule has 0 aromatic heterocycles. The second kappa shape index (κ2) is 10.4. The van der Waals surface area contributed by atoms with Crippen LogP contribution in [0, 0.1) is 40.9 Å². The Balaban J connectivity index is 1.73. The number of hydrogen-bond donors (Lipinski definition) is 0. The second-order valence-corrected chi connectivity index (χ2v) is 12.2. The molecule has 0 amide bonds. The van der Waals surface area contributed by atoms with E-state index in [0.29, 0.717) is 35.5 Å². The van der Waals surface area contributed by atoms with E-state index in [-0.39, 0.29) is 16.6 Å². The molecule has 2 saturated carbocycles. The number of rotatable bonds is 12. The van der Waals surface area contributed by atoms with Gasteiger partial charge in [0.25, 0.3) is 0 Å². The Bertz CT molecular complexity index is 696. The van der Waals surface area contributed by atoms with Crippen LogP contribution in [0.2, 0.25) is 0 Å². The summed E-state index contributed by atoms with van der Waals surface area (Å²) in [4.78, 5) is 13.5. The monoisotopic (exact) mass is 486 g/mol. The van der Waals surface area contributed by atoms with Crippen LogP contribution in [0.5, 0.6) is 0 Å². The summed E-state index contributed by atoms with van der Waals surface area (Å²) in [5.41, 5.74) is 2.42. The van der Waals surface area contributed by atoms with Crippen LogP contribution in [0.25, 0.3) is 0 Å². The van der Waals surface area contributed by atoms with Gasteiger partial charge in [0, 0.05) is 35.5 Å². The van der Waals surface area contributed by atoms with Crippen molar-refractivity contribution < 1.29 is 9.68 Å². The van der Waals surface area contributed by atoms with Crippen LogP contribution in [-0.2, 0) is 9.68 Å². The molecule has 1 spiro atoms. The molecule has 35 heavy (non-hydrogen) atoms. The first-order valence-electron chi connectivity index (χ1n) is 15.5. The van der Waals surface area contributed by atoms with Gasteiger partial charge in [0.1, 0.15) is 0 Å². The van der Waals surface area contributed by atoms with Crippen LogP contribution in [0.1, 0.15) is 132 Å². The predicted octanol–water partition coefficient (Wildman–Crippen LogP) is 8.79. The number of hydrogen-bond acceptors (Lipinski definition) is 4. The SMILES string of the molecule is CCC(CC)C1(C(CC)CC)ON=C2[C@@H]1CCC21CC[C@H]2C1=NOC2(C(CC)CC)C(CC)CC. The molecule has 0 aromatic carbocycles. The van der Waals surface area contributed by atoms with Gasteiger partial charge < -0.3 is 9.68 Å². The topological polar surface area (TPSA) is 43.2 Å². The number of fused-ring (bicyclic) bond motifs is 4. The third-order valence-corrected chi connectivity index (χ3v) is 11.5. The standard InChI is InChI=1S/C31H54N2O2/c1-9-21(10-2)30(22(11-3)12-4)25-17-19-29(27(25)32-34-30)20-18-26-28(29)33-35-31(26,23(13-5)14-6)24(15-7)16-8/h21-26H,9-20H2,1-8H3/t25-,26-,29?/m0/s1. The van der Waals surface area contributed by atoms with Crippen molar-refractivity contribution in [3.8, 4) is 0 Å². The first-order chi connectivity index (χ1) is 16.9. The summed E-state index contributed by atoms with van der Waals surface area (Å²) in [5, 5.41) is 10.2. The largest absolute Gasteiger partial charge is 0.388 e. The van der Waals surface area contributed by atoms with Gasteiger partial charge in [-0.05, 0) is 77.0 Å². The van der Waals surface area contributed by atoms with E-state index in [1.807, 2.05) is 0 Å². The molecule has 0 aromatic rings. The average molecular weight is 487 g/mol.